The van der Waals surface area contributed by atoms with Crippen LogP contribution in [0.25, 0.3) is 21.8 Å². The molecule has 0 saturated heterocycles. The molecule has 2 aromatic carbocycles. The summed E-state index contributed by atoms with van der Waals surface area (Å²) in [7, 11) is 0. The van der Waals surface area contributed by atoms with Gasteiger partial charge < -0.3 is 4.98 Å². The van der Waals surface area contributed by atoms with Crippen LogP contribution in [0.1, 0.15) is 22.1 Å². The van der Waals surface area contributed by atoms with Crippen LogP contribution in [-0.4, -0.2) is 4.98 Å². The van der Waals surface area contributed by atoms with Crippen LogP contribution < -0.4 is 0 Å². The molecule has 0 radical (unpaired) electrons. The lowest BCUT2D eigenvalue weighted by Gasteiger charge is -2.10. The highest BCUT2D eigenvalue weighted by Crippen LogP contribution is 2.35. The van der Waals surface area contributed by atoms with Gasteiger partial charge in [-0.2, -0.15) is 11.3 Å². The molecule has 1 unspecified atom stereocenters. The number of aromatic nitrogens is 1. The van der Waals surface area contributed by atoms with Gasteiger partial charge in [-0.05, 0) is 52.6 Å². The molecular weight excluding hydrogens is 298 g/mol. The average Bonchev–Trinajstić information content (AvgIpc) is 3.09. The number of rotatable bonds is 2. The fourth-order valence-electron chi connectivity index (χ4n) is 2.83. The lowest BCUT2D eigenvalue weighted by Crippen LogP contribution is -1.93. The van der Waals surface area contributed by atoms with Crippen molar-refractivity contribution in [2.75, 3.05) is 0 Å². The molecule has 3 heteroatoms. The van der Waals surface area contributed by atoms with Crippen molar-refractivity contribution >= 4 is 44.7 Å². The van der Waals surface area contributed by atoms with Gasteiger partial charge in [-0.3, -0.25) is 0 Å². The van der Waals surface area contributed by atoms with E-state index in [4.69, 9.17) is 11.6 Å². The van der Waals surface area contributed by atoms with Gasteiger partial charge in [-0.15, -0.1) is 11.6 Å². The van der Waals surface area contributed by atoms with Gasteiger partial charge in [0.25, 0.3) is 0 Å². The summed E-state index contributed by atoms with van der Waals surface area (Å²) in [6.07, 6.45) is 0. The van der Waals surface area contributed by atoms with Gasteiger partial charge >= 0.3 is 0 Å². The number of halogens is 1. The second-order valence-corrected chi connectivity index (χ2v) is 6.53. The molecule has 2 aromatic heterocycles. The third kappa shape index (κ3) is 2.06. The van der Waals surface area contributed by atoms with Crippen molar-refractivity contribution in [2.45, 2.75) is 12.3 Å². The van der Waals surface area contributed by atoms with Crippen LogP contribution in [0.5, 0.6) is 0 Å². The van der Waals surface area contributed by atoms with E-state index >= 15 is 0 Å². The standard InChI is InChI=1S/C18H14ClNS/c1-11-9-21-10-15(11)18(19)12-6-7-17-14(8-12)13-4-2-3-5-16(13)20-17/h2-10,18,20H,1H3. The summed E-state index contributed by atoms with van der Waals surface area (Å²) >= 11 is 8.40. The van der Waals surface area contributed by atoms with E-state index in [1.165, 1.54) is 27.4 Å². The molecule has 0 aliphatic carbocycles. The summed E-state index contributed by atoms with van der Waals surface area (Å²) in [5.41, 5.74) is 5.95. The van der Waals surface area contributed by atoms with Crippen molar-refractivity contribution in [3.05, 3.63) is 69.9 Å². The highest BCUT2D eigenvalue weighted by molar-refractivity contribution is 7.08. The van der Waals surface area contributed by atoms with E-state index in [0.717, 1.165) is 11.1 Å². The van der Waals surface area contributed by atoms with E-state index in [2.05, 4.69) is 65.1 Å². The lowest BCUT2D eigenvalue weighted by molar-refractivity contribution is 1.13. The summed E-state index contributed by atoms with van der Waals surface area (Å²) in [6.45, 7) is 2.12. The number of nitrogens with one attached hydrogen (secondary N) is 1. The van der Waals surface area contributed by atoms with Gasteiger partial charge in [-0.1, -0.05) is 24.3 Å². The lowest BCUT2D eigenvalue weighted by atomic mass is 10.0. The number of para-hydroxylation sites is 1. The second-order valence-electron chi connectivity index (χ2n) is 5.35. The minimum absolute atomic E-state index is 0.0886. The number of thiophene rings is 1. The first-order valence-corrected chi connectivity index (χ1v) is 8.29. The van der Waals surface area contributed by atoms with Crippen LogP contribution >= 0.6 is 22.9 Å². The van der Waals surface area contributed by atoms with Crippen LogP contribution in [0.4, 0.5) is 0 Å². The van der Waals surface area contributed by atoms with Crippen molar-refractivity contribution in [3.63, 3.8) is 0 Å². The molecule has 2 heterocycles. The minimum Gasteiger partial charge on any atom is -0.355 e. The normalized spacial score (nSPS) is 13.0. The Balaban J connectivity index is 1.90. The van der Waals surface area contributed by atoms with Crippen molar-refractivity contribution in [1.82, 2.24) is 4.98 Å². The molecule has 0 aliphatic rings. The van der Waals surface area contributed by atoms with E-state index in [1.54, 1.807) is 11.3 Å². The molecule has 4 rings (SSSR count). The topological polar surface area (TPSA) is 15.8 Å². The van der Waals surface area contributed by atoms with Crippen LogP contribution in [-0.2, 0) is 0 Å². The van der Waals surface area contributed by atoms with E-state index < -0.39 is 0 Å². The molecule has 0 fully saturated rings. The molecule has 1 atom stereocenters. The summed E-state index contributed by atoms with van der Waals surface area (Å²) in [4.78, 5) is 3.45. The summed E-state index contributed by atoms with van der Waals surface area (Å²) in [5, 5.41) is 6.69. The maximum absolute atomic E-state index is 6.69. The molecule has 21 heavy (non-hydrogen) atoms. The first kappa shape index (κ1) is 12.9. The van der Waals surface area contributed by atoms with E-state index in [9.17, 15) is 0 Å². The van der Waals surface area contributed by atoms with Crippen LogP contribution in [0.2, 0.25) is 0 Å². The number of fused-ring (bicyclic) bond motifs is 3. The fourth-order valence-corrected chi connectivity index (χ4v) is 4.16. The summed E-state index contributed by atoms with van der Waals surface area (Å²) in [6, 6.07) is 14.8. The third-order valence-corrected chi connectivity index (χ3v) is 5.36. The molecule has 1 nitrogen and oxygen atoms in total. The zero-order valence-corrected chi connectivity index (χ0v) is 13.1. The molecule has 4 aromatic rings. The zero-order valence-electron chi connectivity index (χ0n) is 11.6. The zero-order chi connectivity index (χ0) is 14.4. The van der Waals surface area contributed by atoms with Crippen molar-refractivity contribution < 1.29 is 0 Å². The number of hydrogen-bond acceptors (Lipinski definition) is 1. The number of H-pyrrole nitrogens is 1. The molecule has 0 bridgehead atoms. The highest BCUT2D eigenvalue weighted by atomic mass is 35.5. The quantitative estimate of drug-likeness (QED) is 0.436. The largest absolute Gasteiger partial charge is 0.355 e. The first-order chi connectivity index (χ1) is 10.2. The third-order valence-electron chi connectivity index (χ3n) is 3.99. The number of hydrogen-bond donors (Lipinski definition) is 1. The van der Waals surface area contributed by atoms with Crippen molar-refractivity contribution in [2.24, 2.45) is 0 Å². The Labute approximate surface area is 132 Å². The van der Waals surface area contributed by atoms with Gasteiger partial charge in [0.05, 0.1) is 5.38 Å². The number of aryl methyl sites for hydroxylation is 1. The van der Waals surface area contributed by atoms with Gasteiger partial charge in [0.2, 0.25) is 0 Å². The predicted molar refractivity (Wildman–Crippen MR) is 92.6 cm³/mol. The Hall–Kier alpha value is -1.77. The first-order valence-electron chi connectivity index (χ1n) is 6.91. The Morgan fingerprint density at radius 2 is 1.81 bits per heavy atom. The SMILES string of the molecule is Cc1cscc1C(Cl)c1ccc2[nH]c3ccccc3c2c1. The number of alkyl halides is 1. The maximum Gasteiger partial charge on any atom is 0.0846 e. The molecule has 104 valence electrons. The molecule has 0 saturated carbocycles. The van der Waals surface area contributed by atoms with Crippen molar-refractivity contribution in [1.29, 1.82) is 0 Å². The van der Waals surface area contributed by atoms with Crippen LogP contribution in [0.3, 0.4) is 0 Å². The Morgan fingerprint density at radius 3 is 2.62 bits per heavy atom. The van der Waals surface area contributed by atoms with Crippen LogP contribution in [0.15, 0.2) is 53.2 Å². The van der Waals surface area contributed by atoms with Crippen molar-refractivity contribution in [3.8, 4) is 0 Å². The second kappa shape index (κ2) is 4.90. The average molecular weight is 312 g/mol. The Morgan fingerprint density at radius 1 is 1.00 bits per heavy atom. The Kier molecular flexibility index (Phi) is 3.02. The molecule has 0 amide bonds. The van der Waals surface area contributed by atoms with Gasteiger partial charge in [0.15, 0.2) is 0 Å². The maximum atomic E-state index is 6.69. The monoisotopic (exact) mass is 311 g/mol. The van der Waals surface area contributed by atoms with Crippen LogP contribution in [0, 0.1) is 6.92 Å². The number of benzene rings is 2. The molecule has 1 N–H and O–H groups in total. The highest BCUT2D eigenvalue weighted by Gasteiger charge is 2.15. The smallest absolute Gasteiger partial charge is 0.0846 e. The van der Waals surface area contributed by atoms with E-state index in [0.29, 0.717) is 0 Å². The van der Waals surface area contributed by atoms with Gasteiger partial charge in [0, 0.05) is 21.8 Å². The van der Waals surface area contributed by atoms with Gasteiger partial charge in [0.1, 0.15) is 0 Å². The predicted octanol–water partition coefficient (Wildman–Crippen LogP) is 6.02. The molecular formula is C18H14ClNS. The van der Waals surface area contributed by atoms with E-state index in [1.807, 2.05) is 0 Å². The number of aromatic amines is 1. The Bertz CT molecular complexity index is 935. The molecule has 0 spiro atoms. The van der Waals surface area contributed by atoms with E-state index in [-0.39, 0.29) is 5.38 Å². The van der Waals surface area contributed by atoms with Gasteiger partial charge in [-0.25, -0.2) is 0 Å². The summed E-state index contributed by atoms with van der Waals surface area (Å²) in [5.74, 6) is 0. The fraction of sp³-hybridized carbons (Fsp3) is 0.111. The minimum atomic E-state index is -0.0886. The molecule has 0 aliphatic heterocycles. The summed E-state index contributed by atoms with van der Waals surface area (Å²) < 4.78 is 0.